The highest BCUT2D eigenvalue weighted by Crippen LogP contribution is 2.27. The highest BCUT2D eigenvalue weighted by molar-refractivity contribution is 5.58. The number of anilines is 1. The van der Waals surface area contributed by atoms with Crippen molar-refractivity contribution in [1.82, 2.24) is 4.90 Å². The van der Waals surface area contributed by atoms with Crippen LogP contribution in [-0.4, -0.2) is 31.6 Å². The summed E-state index contributed by atoms with van der Waals surface area (Å²) in [6.07, 6.45) is 3.65. The minimum atomic E-state index is -0.489. The SMILES string of the molecule is COc1ccc(C(CNc2cccc(F)c2C#N)N2CCCCC2)cc1. The number of halogens is 1. The summed E-state index contributed by atoms with van der Waals surface area (Å²) in [6.45, 7) is 2.71. The monoisotopic (exact) mass is 353 g/mol. The number of hydrogen-bond acceptors (Lipinski definition) is 4. The Hall–Kier alpha value is -2.58. The van der Waals surface area contributed by atoms with Crippen LogP contribution in [0.25, 0.3) is 0 Å². The van der Waals surface area contributed by atoms with Crippen molar-refractivity contribution in [3.8, 4) is 11.8 Å². The van der Waals surface area contributed by atoms with Crippen molar-refractivity contribution in [2.45, 2.75) is 25.3 Å². The van der Waals surface area contributed by atoms with Crippen LogP contribution >= 0.6 is 0 Å². The molecule has 0 spiro atoms. The second kappa shape index (κ2) is 8.68. The predicted octanol–water partition coefficient (Wildman–Crippen LogP) is 4.35. The van der Waals surface area contributed by atoms with Crippen LogP contribution in [0.1, 0.15) is 36.4 Å². The summed E-state index contributed by atoms with van der Waals surface area (Å²) in [5, 5.41) is 12.5. The molecular weight excluding hydrogens is 329 g/mol. The summed E-state index contributed by atoms with van der Waals surface area (Å²) in [7, 11) is 1.66. The van der Waals surface area contributed by atoms with E-state index >= 15 is 0 Å². The van der Waals surface area contributed by atoms with E-state index < -0.39 is 5.82 Å². The van der Waals surface area contributed by atoms with Gasteiger partial charge in [0, 0.05) is 6.54 Å². The molecule has 1 N–H and O–H groups in total. The first-order valence-corrected chi connectivity index (χ1v) is 9.03. The summed E-state index contributed by atoms with van der Waals surface area (Å²) < 4.78 is 19.1. The van der Waals surface area contributed by atoms with Crippen molar-refractivity contribution >= 4 is 5.69 Å². The van der Waals surface area contributed by atoms with Gasteiger partial charge in [-0.15, -0.1) is 0 Å². The summed E-state index contributed by atoms with van der Waals surface area (Å²) in [5.41, 5.74) is 1.80. The normalized spacial score (nSPS) is 15.9. The Balaban J connectivity index is 1.81. The van der Waals surface area contributed by atoms with Gasteiger partial charge in [0.25, 0.3) is 0 Å². The Morgan fingerprint density at radius 3 is 2.54 bits per heavy atom. The molecule has 1 unspecified atom stereocenters. The highest BCUT2D eigenvalue weighted by Gasteiger charge is 2.22. The van der Waals surface area contributed by atoms with Crippen LogP contribution < -0.4 is 10.1 Å². The fourth-order valence-electron chi connectivity index (χ4n) is 3.51. The van der Waals surface area contributed by atoms with Crippen molar-refractivity contribution in [2.24, 2.45) is 0 Å². The van der Waals surface area contributed by atoms with E-state index in [-0.39, 0.29) is 11.6 Å². The van der Waals surface area contributed by atoms with Crippen LogP contribution in [0.3, 0.4) is 0 Å². The number of ether oxygens (including phenoxy) is 1. The minimum Gasteiger partial charge on any atom is -0.497 e. The number of likely N-dealkylation sites (tertiary alicyclic amines) is 1. The first-order chi connectivity index (χ1) is 12.7. The molecule has 0 aliphatic carbocycles. The number of piperidine rings is 1. The number of benzene rings is 2. The van der Waals surface area contributed by atoms with Gasteiger partial charge in [-0.05, 0) is 55.8 Å². The van der Waals surface area contributed by atoms with Crippen molar-refractivity contribution in [1.29, 1.82) is 5.26 Å². The van der Waals surface area contributed by atoms with Gasteiger partial charge in [-0.1, -0.05) is 24.6 Å². The fourth-order valence-corrected chi connectivity index (χ4v) is 3.51. The molecule has 2 aromatic carbocycles. The molecular formula is C21H24FN3O. The molecule has 1 heterocycles. The topological polar surface area (TPSA) is 48.3 Å². The van der Waals surface area contributed by atoms with Gasteiger partial charge in [-0.25, -0.2) is 4.39 Å². The van der Waals surface area contributed by atoms with Crippen molar-refractivity contribution < 1.29 is 9.13 Å². The van der Waals surface area contributed by atoms with Gasteiger partial charge in [0.2, 0.25) is 0 Å². The van der Waals surface area contributed by atoms with E-state index in [0.717, 1.165) is 18.8 Å². The highest BCUT2D eigenvalue weighted by atomic mass is 19.1. The molecule has 1 atom stereocenters. The van der Waals surface area contributed by atoms with E-state index in [2.05, 4.69) is 22.3 Å². The lowest BCUT2D eigenvalue weighted by molar-refractivity contribution is 0.170. The number of methoxy groups -OCH3 is 1. The third-order valence-electron chi connectivity index (χ3n) is 4.94. The Bertz CT molecular complexity index is 764. The standard InChI is InChI=1S/C21H24FN3O/c1-26-17-10-8-16(9-11-17)21(25-12-3-2-4-13-25)15-24-20-7-5-6-19(22)18(20)14-23/h5-11,21,24H,2-4,12-13,15H2,1H3. The van der Waals surface area contributed by atoms with Crippen LogP contribution in [0.4, 0.5) is 10.1 Å². The lowest BCUT2D eigenvalue weighted by Gasteiger charge is -2.35. The largest absolute Gasteiger partial charge is 0.497 e. The maximum atomic E-state index is 13.8. The second-order valence-electron chi connectivity index (χ2n) is 6.54. The van der Waals surface area contributed by atoms with E-state index in [1.54, 1.807) is 19.2 Å². The maximum Gasteiger partial charge on any atom is 0.143 e. The number of nitrogens with zero attached hydrogens (tertiary/aromatic N) is 2. The van der Waals surface area contributed by atoms with Crippen LogP contribution in [-0.2, 0) is 0 Å². The minimum absolute atomic E-state index is 0.0691. The zero-order valence-electron chi connectivity index (χ0n) is 15.0. The molecule has 0 aromatic heterocycles. The van der Waals surface area contributed by atoms with E-state index in [9.17, 15) is 9.65 Å². The fraction of sp³-hybridized carbons (Fsp3) is 0.381. The Kier molecular flexibility index (Phi) is 6.08. The zero-order chi connectivity index (χ0) is 18.4. The third kappa shape index (κ3) is 4.14. The summed E-state index contributed by atoms with van der Waals surface area (Å²) in [5.74, 6) is 0.340. The first-order valence-electron chi connectivity index (χ1n) is 9.03. The lowest BCUT2D eigenvalue weighted by atomic mass is 10.0. The molecule has 26 heavy (non-hydrogen) atoms. The Labute approximate surface area is 154 Å². The number of nitriles is 1. The Morgan fingerprint density at radius 2 is 1.88 bits per heavy atom. The first kappa shape index (κ1) is 18.2. The van der Waals surface area contributed by atoms with Crippen LogP contribution in [0.2, 0.25) is 0 Å². The van der Waals surface area contributed by atoms with Crippen molar-refractivity contribution in [3.63, 3.8) is 0 Å². The maximum absolute atomic E-state index is 13.8. The van der Waals surface area contributed by atoms with E-state index in [4.69, 9.17) is 4.74 Å². The molecule has 5 heteroatoms. The molecule has 136 valence electrons. The van der Waals surface area contributed by atoms with Gasteiger partial charge < -0.3 is 10.1 Å². The van der Waals surface area contributed by atoms with Gasteiger partial charge in [-0.2, -0.15) is 5.26 Å². The molecule has 2 aromatic rings. The van der Waals surface area contributed by atoms with Crippen molar-refractivity contribution in [3.05, 3.63) is 59.4 Å². The summed E-state index contributed by atoms with van der Waals surface area (Å²) in [6, 6.07) is 14.9. The Morgan fingerprint density at radius 1 is 1.15 bits per heavy atom. The molecule has 3 rings (SSSR count). The number of nitrogens with one attached hydrogen (secondary N) is 1. The average molecular weight is 353 g/mol. The summed E-state index contributed by atoms with van der Waals surface area (Å²) >= 11 is 0. The predicted molar refractivity (Wildman–Crippen MR) is 101 cm³/mol. The zero-order valence-corrected chi connectivity index (χ0v) is 15.0. The number of hydrogen-bond donors (Lipinski definition) is 1. The van der Waals surface area contributed by atoms with Gasteiger partial charge in [-0.3, -0.25) is 4.90 Å². The smallest absolute Gasteiger partial charge is 0.143 e. The second-order valence-corrected chi connectivity index (χ2v) is 6.54. The molecule has 1 fully saturated rings. The van der Waals surface area contributed by atoms with Crippen LogP contribution in [0.15, 0.2) is 42.5 Å². The van der Waals surface area contributed by atoms with Gasteiger partial charge in [0.15, 0.2) is 0 Å². The molecule has 0 radical (unpaired) electrons. The molecule has 1 aliphatic heterocycles. The van der Waals surface area contributed by atoms with Gasteiger partial charge >= 0.3 is 0 Å². The van der Waals surface area contributed by atoms with Crippen LogP contribution in [0, 0.1) is 17.1 Å². The molecule has 1 saturated heterocycles. The van der Waals surface area contributed by atoms with Crippen LogP contribution in [0.5, 0.6) is 5.75 Å². The van der Waals surface area contributed by atoms with E-state index in [1.165, 1.54) is 30.9 Å². The van der Waals surface area contributed by atoms with Gasteiger partial charge in [0.05, 0.1) is 18.8 Å². The lowest BCUT2D eigenvalue weighted by Crippen LogP contribution is -2.37. The quantitative estimate of drug-likeness (QED) is 0.839. The van der Waals surface area contributed by atoms with Crippen molar-refractivity contribution in [2.75, 3.05) is 32.1 Å². The average Bonchev–Trinajstić information content (AvgIpc) is 2.69. The molecule has 0 bridgehead atoms. The molecule has 0 amide bonds. The molecule has 1 aliphatic rings. The summed E-state index contributed by atoms with van der Waals surface area (Å²) in [4.78, 5) is 2.46. The molecule has 4 nitrogen and oxygen atoms in total. The molecule has 0 saturated carbocycles. The number of rotatable bonds is 6. The van der Waals surface area contributed by atoms with Gasteiger partial charge in [0.1, 0.15) is 23.2 Å². The van der Waals surface area contributed by atoms with E-state index in [1.807, 2.05) is 18.2 Å². The third-order valence-corrected chi connectivity index (χ3v) is 4.94. The van der Waals surface area contributed by atoms with E-state index in [0.29, 0.717) is 12.2 Å².